The molecule has 36 heavy (non-hydrogen) atoms. The molecule has 6 nitrogen and oxygen atoms in total. The van der Waals surface area contributed by atoms with Gasteiger partial charge in [0.1, 0.15) is 6.04 Å². The van der Waals surface area contributed by atoms with Gasteiger partial charge in [0.25, 0.3) is 5.91 Å². The third kappa shape index (κ3) is 5.27. The minimum atomic E-state index is -0.622. The van der Waals surface area contributed by atoms with Gasteiger partial charge in [0.05, 0.1) is 5.69 Å². The van der Waals surface area contributed by atoms with E-state index in [1.165, 1.54) is 0 Å². The van der Waals surface area contributed by atoms with Gasteiger partial charge < -0.3 is 15.1 Å². The Morgan fingerprint density at radius 3 is 2.39 bits per heavy atom. The Labute approximate surface area is 213 Å². The maximum Gasteiger partial charge on any atom is 0.258 e. The van der Waals surface area contributed by atoms with Crippen molar-refractivity contribution in [3.8, 4) is 0 Å². The molecule has 1 unspecified atom stereocenters. The molecular formula is C30H35N3O3. The summed E-state index contributed by atoms with van der Waals surface area (Å²) < 4.78 is 0. The zero-order valence-electron chi connectivity index (χ0n) is 21.8. The van der Waals surface area contributed by atoms with Crippen LogP contribution in [0.4, 0.5) is 5.69 Å². The fourth-order valence-corrected chi connectivity index (χ4v) is 4.76. The zero-order valence-corrected chi connectivity index (χ0v) is 21.8. The molecule has 1 atom stereocenters. The molecule has 0 saturated heterocycles. The van der Waals surface area contributed by atoms with E-state index in [0.717, 1.165) is 27.6 Å². The Balaban J connectivity index is 1.48. The molecule has 0 radical (unpaired) electrons. The van der Waals surface area contributed by atoms with E-state index in [4.69, 9.17) is 0 Å². The first-order chi connectivity index (χ1) is 17.1. The molecule has 0 aliphatic carbocycles. The molecule has 1 N–H and O–H groups in total. The number of nitrogens with one attached hydrogen (secondary N) is 1. The normalized spacial score (nSPS) is 13.7. The van der Waals surface area contributed by atoms with Crippen molar-refractivity contribution in [2.45, 2.75) is 65.6 Å². The molecule has 4 rings (SSSR count). The van der Waals surface area contributed by atoms with Gasteiger partial charge in [-0.25, -0.2) is 0 Å². The van der Waals surface area contributed by atoms with Crippen LogP contribution in [-0.4, -0.2) is 40.7 Å². The molecule has 188 valence electrons. The first kappa shape index (κ1) is 25.4. The lowest BCUT2D eigenvalue weighted by Crippen LogP contribution is -2.52. The van der Waals surface area contributed by atoms with Crippen LogP contribution in [-0.2, 0) is 16.1 Å². The Kier molecular flexibility index (Phi) is 7.16. The highest BCUT2D eigenvalue weighted by Gasteiger charge is 2.31. The van der Waals surface area contributed by atoms with Gasteiger partial charge in [-0.1, -0.05) is 48.5 Å². The first-order valence-corrected chi connectivity index (χ1v) is 12.6. The van der Waals surface area contributed by atoms with E-state index in [1.807, 2.05) is 88.4 Å². The van der Waals surface area contributed by atoms with E-state index in [0.29, 0.717) is 25.1 Å². The molecule has 3 aromatic rings. The molecule has 3 aromatic carbocycles. The van der Waals surface area contributed by atoms with E-state index in [-0.39, 0.29) is 24.1 Å². The van der Waals surface area contributed by atoms with Gasteiger partial charge in [-0.2, -0.15) is 0 Å². The third-order valence-electron chi connectivity index (χ3n) is 6.69. The Morgan fingerprint density at radius 2 is 1.69 bits per heavy atom. The maximum absolute atomic E-state index is 13.5. The highest BCUT2D eigenvalue weighted by Crippen LogP contribution is 2.37. The number of rotatable bonds is 8. The Hall–Kier alpha value is -3.67. The SMILES string of the molecule is Cc1ccccc1CN(C(=O)CCCN1C(=O)c2cccc3cccc1c23)C(C)C(=O)NC(C)(C)C. The number of nitrogens with zero attached hydrogens (tertiary/aromatic N) is 2. The van der Waals surface area contributed by atoms with Crippen molar-refractivity contribution in [1.82, 2.24) is 10.2 Å². The minimum Gasteiger partial charge on any atom is -0.350 e. The number of anilines is 1. The molecule has 1 heterocycles. The molecule has 0 spiro atoms. The number of aryl methyl sites for hydroxylation is 1. The summed E-state index contributed by atoms with van der Waals surface area (Å²) in [6.45, 7) is 10.4. The monoisotopic (exact) mass is 485 g/mol. The smallest absolute Gasteiger partial charge is 0.258 e. The van der Waals surface area contributed by atoms with Crippen molar-refractivity contribution >= 4 is 34.2 Å². The molecule has 0 saturated carbocycles. The van der Waals surface area contributed by atoms with Gasteiger partial charge in [-0.3, -0.25) is 14.4 Å². The average molecular weight is 486 g/mol. The topological polar surface area (TPSA) is 69.7 Å². The Morgan fingerprint density at radius 1 is 1.00 bits per heavy atom. The molecule has 3 amide bonds. The van der Waals surface area contributed by atoms with Crippen LogP contribution in [0.3, 0.4) is 0 Å². The van der Waals surface area contributed by atoms with Crippen molar-refractivity contribution in [2.75, 3.05) is 11.4 Å². The lowest BCUT2D eigenvalue weighted by Gasteiger charge is -2.32. The predicted molar refractivity (Wildman–Crippen MR) is 144 cm³/mol. The summed E-state index contributed by atoms with van der Waals surface area (Å²) in [5, 5.41) is 5.02. The van der Waals surface area contributed by atoms with E-state index in [2.05, 4.69) is 5.32 Å². The number of hydrogen-bond donors (Lipinski definition) is 1. The summed E-state index contributed by atoms with van der Waals surface area (Å²) >= 11 is 0. The van der Waals surface area contributed by atoms with Crippen LogP contribution in [0.1, 0.15) is 62.0 Å². The van der Waals surface area contributed by atoms with Crippen molar-refractivity contribution in [3.05, 3.63) is 77.4 Å². The van der Waals surface area contributed by atoms with Gasteiger partial charge in [0, 0.05) is 36.0 Å². The molecule has 1 aliphatic rings. The molecule has 6 heteroatoms. The zero-order chi connectivity index (χ0) is 26.0. The van der Waals surface area contributed by atoms with Crippen LogP contribution >= 0.6 is 0 Å². The van der Waals surface area contributed by atoms with Crippen LogP contribution in [0.2, 0.25) is 0 Å². The third-order valence-corrected chi connectivity index (χ3v) is 6.69. The lowest BCUT2D eigenvalue weighted by molar-refractivity contribution is -0.141. The van der Waals surface area contributed by atoms with Gasteiger partial charge in [0.15, 0.2) is 0 Å². The number of benzene rings is 3. The summed E-state index contributed by atoms with van der Waals surface area (Å²) in [6, 6.07) is 19.0. The fourth-order valence-electron chi connectivity index (χ4n) is 4.76. The van der Waals surface area contributed by atoms with Crippen molar-refractivity contribution in [2.24, 2.45) is 0 Å². The summed E-state index contributed by atoms with van der Waals surface area (Å²) in [7, 11) is 0. The second-order valence-electron chi connectivity index (χ2n) is 10.6. The Bertz CT molecular complexity index is 1300. The van der Waals surface area contributed by atoms with Crippen LogP contribution in [0.5, 0.6) is 0 Å². The molecule has 1 aliphatic heterocycles. The number of carbonyl (C=O) groups is 3. The van der Waals surface area contributed by atoms with Crippen molar-refractivity contribution in [3.63, 3.8) is 0 Å². The number of carbonyl (C=O) groups excluding carboxylic acids is 3. The number of amides is 3. The van der Waals surface area contributed by atoms with E-state index >= 15 is 0 Å². The van der Waals surface area contributed by atoms with Crippen LogP contribution < -0.4 is 10.2 Å². The maximum atomic E-state index is 13.5. The van der Waals surface area contributed by atoms with Gasteiger partial charge in [0.2, 0.25) is 11.8 Å². The first-order valence-electron chi connectivity index (χ1n) is 12.6. The van der Waals surface area contributed by atoms with Gasteiger partial charge in [-0.05, 0) is 69.7 Å². The van der Waals surface area contributed by atoms with E-state index in [9.17, 15) is 14.4 Å². The van der Waals surface area contributed by atoms with E-state index < -0.39 is 11.6 Å². The summed E-state index contributed by atoms with van der Waals surface area (Å²) in [4.78, 5) is 43.0. The number of hydrogen-bond acceptors (Lipinski definition) is 3. The molecular weight excluding hydrogens is 450 g/mol. The second-order valence-corrected chi connectivity index (χ2v) is 10.6. The molecule has 0 fully saturated rings. The van der Waals surface area contributed by atoms with Gasteiger partial charge >= 0.3 is 0 Å². The lowest BCUT2D eigenvalue weighted by atomic mass is 10.1. The molecule has 0 bridgehead atoms. The summed E-state index contributed by atoms with van der Waals surface area (Å²) in [5.74, 6) is -0.303. The van der Waals surface area contributed by atoms with Crippen LogP contribution in [0.15, 0.2) is 60.7 Å². The largest absolute Gasteiger partial charge is 0.350 e. The summed E-state index contributed by atoms with van der Waals surface area (Å²) in [6.07, 6.45) is 0.752. The fraction of sp³-hybridized carbons (Fsp3) is 0.367. The second kappa shape index (κ2) is 10.1. The molecule has 0 aromatic heterocycles. The van der Waals surface area contributed by atoms with Gasteiger partial charge in [-0.15, -0.1) is 0 Å². The predicted octanol–water partition coefficient (Wildman–Crippen LogP) is 5.22. The summed E-state index contributed by atoms with van der Waals surface area (Å²) in [5.41, 5.74) is 3.30. The highest BCUT2D eigenvalue weighted by atomic mass is 16.2. The minimum absolute atomic E-state index is 0.0241. The standard InChI is InChI=1S/C30H35N3O3/c1-20-11-6-7-12-23(20)19-33(21(2)28(35)31-30(3,4)5)26(34)17-10-18-32-25-16-9-14-22-13-8-15-24(27(22)25)29(32)36/h6-9,11-16,21H,10,17-19H2,1-5H3,(H,31,35). The van der Waals surface area contributed by atoms with E-state index in [1.54, 1.807) is 16.7 Å². The van der Waals surface area contributed by atoms with Crippen LogP contribution in [0, 0.1) is 6.92 Å². The van der Waals surface area contributed by atoms with Crippen LogP contribution in [0.25, 0.3) is 10.8 Å². The average Bonchev–Trinajstić information content (AvgIpc) is 3.10. The highest BCUT2D eigenvalue weighted by molar-refractivity contribution is 6.25. The van der Waals surface area contributed by atoms with Crippen molar-refractivity contribution < 1.29 is 14.4 Å². The quantitative estimate of drug-likeness (QED) is 0.476. The van der Waals surface area contributed by atoms with Crippen molar-refractivity contribution in [1.29, 1.82) is 0 Å².